The zero-order chi connectivity index (χ0) is 34.5. The Morgan fingerprint density at radius 1 is 0.568 bits per heavy atom. The van der Waals surface area contributed by atoms with Crippen LogP contribution in [0.25, 0.3) is 0 Å². The van der Waals surface area contributed by atoms with Gasteiger partial charge in [-0.3, -0.25) is 19.2 Å². The minimum atomic E-state index is -0.898. The Balaban J connectivity index is 5.16. The number of methoxy groups -OCH3 is 1. The van der Waals surface area contributed by atoms with Gasteiger partial charge in [0, 0.05) is 7.11 Å². The maximum Gasteiger partial charge on any atom is 0.311 e. The van der Waals surface area contributed by atoms with E-state index in [1.807, 2.05) is 20.8 Å². The van der Waals surface area contributed by atoms with Crippen molar-refractivity contribution >= 4 is 23.9 Å². The van der Waals surface area contributed by atoms with Crippen LogP contribution in [0, 0.1) is 21.7 Å². The van der Waals surface area contributed by atoms with Crippen LogP contribution in [0.3, 0.4) is 0 Å². The Morgan fingerprint density at radius 2 is 0.932 bits per heavy atom. The molecule has 0 amide bonds. The van der Waals surface area contributed by atoms with Crippen molar-refractivity contribution in [1.82, 2.24) is 0 Å². The summed E-state index contributed by atoms with van der Waals surface area (Å²) in [7, 11) is 1.51. The highest BCUT2D eigenvalue weighted by Crippen LogP contribution is 2.40. The molecule has 0 aliphatic heterocycles. The molecule has 0 saturated heterocycles. The molecule has 0 aromatic heterocycles. The first-order chi connectivity index (χ1) is 20.1. The van der Waals surface area contributed by atoms with Crippen LogP contribution in [-0.4, -0.2) is 75.2 Å². The van der Waals surface area contributed by atoms with E-state index in [2.05, 4.69) is 0 Å². The molecule has 0 aliphatic rings. The van der Waals surface area contributed by atoms with E-state index in [-0.39, 0.29) is 56.8 Å². The molecule has 0 bridgehead atoms. The first kappa shape index (κ1) is 41.8. The third-order valence-corrected chi connectivity index (χ3v) is 8.11. The van der Waals surface area contributed by atoms with Crippen molar-refractivity contribution in [3.8, 4) is 0 Å². The number of carbonyl (C=O) groups excluding carboxylic acids is 4. The van der Waals surface area contributed by atoms with Crippen LogP contribution in [0.1, 0.15) is 122 Å². The predicted molar refractivity (Wildman–Crippen MR) is 169 cm³/mol. The maximum absolute atomic E-state index is 13.2. The topological polar surface area (TPSA) is 124 Å². The van der Waals surface area contributed by atoms with Crippen molar-refractivity contribution in [1.29, 1.82) is 0 Å². The van der Waals surface area contributed by atoms with Gasteiger partial charge in [0.05, 0.1) is 46.6 Å². The summed E-state index contributed by atoms with van der Waals surface area (Å²) in [6, 6.07) is 0. The number of ether oxygens (including phenoxy) is 6. The first-order valence-electron chi connectivity index (χ1n) is 16.0. The highest BCUT2D eigenvalue weighted by molar-refractivity contribution is 5.81. The standard InChI is InChI=1S/C34H62O10/c1-15-25(18-41-29(37)33(12,16-2)21-31(8,9)27(35)43-23(4)5)40-19-26(39-14)20-42-30(38)34(13,17-3)22-32(10,11)28(36)44-24(6)7/h23-26H,15-22H2,1-14H3. The minimum absolute atomic E-state index is 0.0342. The van der Waals surface area contributed by atoms with Gasteiger partial charge in [0.15, 0.2) is 0 Å². The Bertz CT molecular complexity index is 851. The fourth-order valence-electron chi connectivity index (χ4n) is 4.92. The SMILES string of the molecule is CCC(COC(=O)C(C)(CC)CC(C)(C)C(=O)OC(C)C)OCC(COC(=O)C(C)(CC)CC(C)(C)C(=O)OC(C)C)OC. The average molecular weight is 631 g/mol. The van der Waals surface area contributed by atoms with Crippen molar-refractivity contribution < 1.29 is 47.6 Å². The molecule has 0 rings (SSSR count). The number of hydrogen-bond donors (Lipinski definition) is 0. The second kappa shape index (κ2) is 18.1. The van der Waals surface area contributed by atoms with Crippen LogP contribution in [0.2, 0.25) is 0 Å². The van der Waals surface area contributed by atoms with E-state index in [0.29, 0.717) is 19.3 Å². The molecule has 4 atom stereocenters. The largest absolute Gasteiger partial charge is 0.463 e. The van der Waals surface area contributed by atoms with Gasteiger partial charge >= 0.3 is 23.9 Å². The molecule has 0 aromatic carbocycles. The zero-order valence-electron chi connectivity index (χ0n) is 30.0. The number of carbonyl (C=O) groups is 4. The molecule has 0 fully saturated rings. The van der Waals surface area contributed by atoms with Gasteiger partial charge in [-0.2, -0.15) is 0 Å². The summed E-state index contributed by atoms with van der Waals surface area (Å²) in [4.78, 5) is 51.6. The average Bonchev–Trinajstić information content (AvgIpc) is 2.92. The van der Waals surface area contributed by atoms with E-state index in [4.69, 9.17) is 28.4 Å². The minimum Gasteiger partial charge on any atom is -0.463 e. The van der Waals surface area contributed by atoms with E-state index >= 15 is 0 Å². The summed E-state index contributed by atoms with van der Waals surface area (Å²) in [5.41, 5.74) is -3.51. The smallest absolute Gasteiger partial charge is 0.311 e. The molecular weight excluding hydrogens is 568 g/mol. The van der Waals surface area contributed by atoms with Crippen molar-refractivity contribution in [2.75, 3.05) is 26.9 Å². The van der Waals surface area contributed by atoms with Crippen molar-refractivity contribution in [2.24, 2.45) is 21.7 Å². The van der Waals surface area contributed by atoms with Crippen LogP contribution in [0.4, 0.5) is 0 Å². The molecule has 44 heavy (non-hydrogen) atoms. The predicted octanol–water partition coefficient (Wildman–Crippen LogP) is 6.45. The van der Waals surface area contributed by atoms with Crippen LogP contribution in [-0.2, 0) is 47.6 Å². The van der Waals surface area contributed by atoms with Gasteiger partial charge in [-0.25, -0.2) is 0 Å². The number of hydrogen-bond acceptors (Lipinski definition) is 10. The molecular formula is C34H62O10. The van der Waals surface area contributed by atoms with Crippen LogP contribution < -0.4 is 0 Å². The fourth-order valence-corrected chi connectivity index (χ4v) is 4.92. The summed E-state index contributed by atoms with van der Waals surface area (Å²) >= 11 is 0. The second-order valence-electron chi connectivity index (χ2n) is 14.3. The molecule has 0 heterocycles. The van der Waals surface area contributed by atoms with Crippen LogP contribution in [0.5, 0.6) is 0 Å². The van der Waals surface area contributed by atoms with E-state index in [1.165, 1.54) is 7.11 Å². The molecule has 0 radical (unpaired) electrons. The summed E-state index contributed by atoms with van der Waals surface area (Å²) < 4.78 is 33.6. The third kappa shape index (κ3) is 13.4. The van der Waals surface area contributed by atoms with Gasteiger partial charge in [-0.05, 0) is 101 Å². The maximum atomic E-state index is 13.2. The summed E-state index contributed by atoms with van der Waals surface area (Å²) in [5, 5.41) is 0. The Morgan fingerprint density at radius 3 is 1.23 bits per heavy atom. The van der Waals surface area contributed by atoms with E-state index < -0.39 is 45.8 Å². The Kier molecular flexibility index (Phi) is 17.2. The lowest BCUT2D eigenvalue weighted by molar-refractivity contribution is -0.171. The Labute approximate surface area is 266 Å². The van der Waals surface area contributed by atoms with E-state index in [1.54, 1.807) is 69.2 Å². The second-order valence-corrected chi connectivity index (χ2v) is 14.3. The van der Waals surface area contributed by atoms with Gasteiger partial charge in [0.25, 0.3) is 0 Å². The summed E-state index contributed by atoms with van der Waals surface area (Å²) in [6.45, 7) is 23.7. The van der Waals surface area contributed by atoms with Gasteiger partial charge in [0.2, 0.25) is 0 Å². The van der Waals surface area contributed by atoms with Gasteiger partial charge < -0.3 is 28.4 Å². The molecule has 0 aliphatic carbocycles. The highest BCUT2D eigenvalue weighted by Gasteiger charge is 2.44. The summed E-state index contributed by atoms with van der Waals surface area (Å²) in [5.74, 6) is -1.53. The van der Waals surface area contributed by atoms with E-state index in [9.17, 15) is 19.2 Å². The number of esters is 4. The zero-order valence-corrected chi connectivity index (χ0v) is 30.0. The highest BCUT2D eigenvalue weighted by atomic mass is 16.6. The van der Waals surface area contributed by atoms with Crippen molar-refractivity contribution in [2.45, 2.75) is 147 Å². The summed E-state index contributed by atoms with van der Waals surface area (Å²) in [6.07, 6.45) is 0.663. The van der Waals surface area contributed by atoms with Gasteiger partial charge in [-0.1, -0.05) is 20.8 Å². The van der Waals surface area contributed by atoms with E-state index in [0.717, 1.165) is 0 Å². The van der Waals surface area contributed by atoms with Gasteiger partial charge in [-0.15, -0.1) is 0 Å². The molecule has 4 unspecified atom stereocenters. The normalized spacial score (nSPS) is 16.5. The molecule has 0 N–H and O–H groups in total. The monoisotopic (exact) mass is 630 g/mol. The molecule has 10 heteroatoms. The molecule has 0 spiro atoms. The van der Waals surface area contributed by atoms with Crippen molar-refractivity contribution in [3.63, 3.8) is 0 Å². The van der Waals surface area contributed by atoms with Crippen LogP contribution >= 0.6 is 0 Å². The third-order valence-electron chi connectivity index (χ3n) is 8.11. The fraction of sp³-hybridized carbons (Fsp3) is 0.882. The quantitative estimate of drug-likeness (QED) is 0.103. The molecule has 0 aromatic rings. The van der Waals surface area contributed by atoms with Crippen LogP contribution in [0.15, 0.2) is 0 Å². The van der Waals surface area contributed by atoms with Gasteiger partial charge in [0.1, 0.15) is 19.3 Å². The van der Waals surface area contributed by atoms with Crippen molar-refractivity contribution in [3.05, 3.63) is 0 Å². The lowest BCUT2D eigenvalue weighted by Gasteiger charge is -2.34. The molecule has 0 saturated carbocycles. The lowest BCUT2D eigenvalue weighted by atomic mass is 9.72. The molecule has 258 valence electrons. The first-order valence-corrected chi connectivity index (χ1v) is 16.0. The molecule has 10 nitrogen and oxygen atoms in total. The Hall–Kier alpha value is -2.20. The lowest BCUT2D eigenvalue weighted by Crippen LogP contribution is -2.41. The number of rotatable bonds is 21.